The van der Waals surface area contributed by atoms with Crippen LogP contribution in [0.2, 0.25) is 0 Å². The third kappa shape index (κ3) is 6.42. The van der Waals surface area contributed by atoms with Crippen molar-refractivity contribution < 1.29 is 84.5 Å². The Labute approximate surface area is 154 Å². The van der Waals surface area contributed by atoms with Gasteiger partial charge < -0.3 is 14.2 Å². The van der Waals surface area contributed by atoms with Crippen LogP contribution >= 0.6 is 0 Å². The summed E-state index contributed by atoms with van der Waals surface area (Å²) in [5.41, 5.74) is 0. The van der Waals surface area contributed by atoms with Gasteiger partial charge in [-0.2, -0.15) is 65.9 Å². The summed E-state index contributed by atoms with van der Waals surface area (Å²) in [5, 5.41) is 0. The molecule has 0 spiro atoms. The number of rotatable bonds is 12. The topological polar surface area (TPSA) is 27.7 Å². The average molecular weight is 490 g/mol. The van der Waals surface area contributed by atoms with Crippen molar-refractivity contribution in [3.63, 3.8) is 0 Å². The monoisotopic (exact) mass is 490 g/mol. The van der Waals surface area contributed by atoms with Crippen LogP contribution in [0.5, 0.6) is 0 Å². The number of alkyl halides is 13. The predicted octanol–water partition coefficient (Wildman–Crippen LogP) is 5.73. The van der Waals surface area contributed by atoms with Crippen LogP contribution in [0.4, 0.5) is 70.2 Å². The van der Waals surface area contributed by atoms with E-state index < -0.39 is 68.1 Å². The second kappa shape index (κ2) is 8.83. The van der Waals surface area contributed by atoms with Gasteiger partial charge in [-0.05, 0) is 0 Å². The first-order valence-corrected chi connectivity index (χ1v) is 6.56. The lowest BCUT2D eigenvalue weighted by molar-refractivity contribution is -0.416. The van der Waals surface area contributed by atoms with Crippen molar-refractivity contribution in [1.82, 2.24) is 0 Å². The molecule has 0 aliphatic heterocycles. The van der Waals surface area contributed by atoms with Crippen LogP contribution in [0.1, 0.15) is 0 Å². The third-order valence-corrected chi connectivity index (χ3v) is 2.68. The van der Waals surface area contributed by atoms with E-state index in [9.17, 15) is 70.2 Å². The Balaban J connectivity index is 5.30. The number of hydrogen-bond acceptors (Lipinski definition) is 3. The lowest BCUT2D eigenvalue weighted by Crippen LogP contribution is -2.54. The van der Waals surface area contributed by atoms with E-state index >= 15 is 0 Å². The molecular formula is C11H6F16O3. The lowest BCUT2D eigenvalue weighted by atomic mass is 10.3. The molecule has 0 amide bonds. The number of halogens is 16. The van der Waals surface area contributed by atoms with Crippen molar-refractivity contribution in [2.45, 2.75) is 36.1 Å². The fraction of sp³-hybridized carbons (Fsp3) is 0.818. The van der Waals surface area contributed by atoms with E-state index in [4.69, 9.17) is 0 Å². The summed E-state index contributed by atoms with van der Waals surface area (Å²) in [6.45, 7) is -10.1. The molecule has 0 fully saturated rings. The van der Waals surface area contributed by atoms with E-state index in [0.717, 1.165) is 0 Å². The van der Waals surface area contributed by atoms with E-state index in [1.165, 1.54) is 0 Å². The molecule has 30 heavy (non-hydrogen) atoms. The molecule has 0 atom stereocenters. The second-order valence-electron chi connectivity index (χ2n) is 5.01. The minimum Gasteiger partial charge on any atom is -0.398 e. The molecule has 0 unspecified atom stereocenters. The Morgan fingerprint density at radius 1 is 0.533 bits per heavy atom. The molecule has 0 aliphatic rings. The van der Waals surface area contributed by atoms with E-state index in [1.54, 1.807) is 0 Å². The van der Waals surface area contributed by atoms with Crippen LogP contribution < -0.4 is 0 Å². The van der Waals surface area contributed by atoms with Gasteiger partial charge in [-0.15, -0.1) is 0 Å². The van der Waals surface area contributed by atoms with Crippen molar-refractivity contribution in [3.05, 3.63) is 12.1 Å². The van der Waals surface area contributed by atoms with E-state index in [2.05, 4.69) is 14.2 Å². The Kier molecular flexibility index (Phi) is 8.34. The van der Waals surface area contributed by atoms with Crippen molar-refractivity contribution in [3.8, 4) is 0 Å². The summed E-state index contributed by atoms with van der Waals surface area (Å²) in [5.74, 6) is -18.2. The lowest BCUT2D eigenvalue weighted by Gasteiger charge is -2.31. The largest absolute Gasteiger partial charge is 0.468 e. The van der Waals surface area contributed by atoms with Gasteiger partial charge in [0.15, 0.2) is 6.67 Å². The highest BCUT2D eigenvalue weighted by Gasteiger charge is 2.66. The smallest absolute Gasteiger partial charge is 0.398 e. The summed E-state index contributed by atoms with van der Waals surface area (Å²) in [7, 11) is 0. The summed E-state index contributed by atoms with van der Waals surface area (Å²) in [6, 6.07) is -3.60. The molecular weight excluding hydrogens is 484 g/mol. The molecule has 0 radical (unpaired) electrons. The maximum atomic E-state index is 13.1. The van der Waals surface area contributed by atoms with Gasteiger partial charge in [-0.25, -0.2) is 4.39 Å². The predicted molar refractivity (Wildman–Crippen MR) is 59.0 cm³/mol. The van der Waals surface area contributed by atoms with Crippen LogP contribution in [0, 0.1) is 0 Å². The summed E-state index contributed by atoms with van der Waals surface area (Å²) >= 11 is 0. The van der Waals surface area contributed by atoms with Crippen LogP contribution in [0.25, 0.3) is 0 Å². The molecule has 0 saturated carbocycles. The molecule has 19 heteroatoms. The molecule has 0 heterocycles. The van der Waals surface area contributed by atoms with Crippen LogP contribution in [-0.4, -0.2) is 56.0 Å². The van der Waals surface area contributed by atoms with Crippen LogP contribution in [-0.2, 0) is 14.2 Å². The first kappa shape index (κ1) is 28.3. The maximum Gasteiger partial charge on any atom is 0.468 e. The standard InChI is InChI=1S/C11H6F16O3/c12-1-6(16,17)9(22,23)28-2-7(18,19)10(24,25)29-3-8(20,21)11(26,27)30-5(15)4(13)14/h1-3H2. The Hall–Kier alpha value is -1.66. The van der Waals surface area contributed by atoms with Gasteiger partial charge in [0, 0.05) is 0 Å². The van der Waals surface area contributed by atoms with E-state index in [1.807, 2.05) is 0 Å². The van der Waals surface area contributed by atoms with Crippen molar-refractivity contribution in [2.75, 3.05) is 19.9 Å². The molecule has 0 aromatic heterocycles. The molecule has 180 valence electrons. The van der Waals surface area contributed by atoms with E-state index in [-0.39, 0.29) is 0 Å². The summed E-state index contributed by atoms with van der Waals surface area (Å²) in [6.07, 6.45) is -22.6. The first-order valence-electron chi connectivity index (χ1n) is 6.56. The SMILES string of the molecule is FCC(F)(F)C(F)(F)OCC(F)(F)C(F)(F)OCC(F)(F)C(F)(F)OC(F)=C(F)F. The molecule has 3 nitrogen and oxygen atoms in total. The Morgan fingerprint density at radius 2 is 0.867 bits per heavy atom. The zero-order chi connectivity index (χ0) is 24.4. The van der Waals surface area contributed by atoms with Gasteiger partial charge in [0.2, 0.25) is 0 Å². The first-order chi connectivity index (χ1) is 13.1. The highest BCUT2D eigenvalue weighted by molar-refractivity contribution is 4.88. The average Bonchev–Trinajstić information content (AvgIpc) is 2.57. The molecule has 0 aromatic rings. The third-order valence-electron chi connectivity index (χ3n) is 2.68. The molecule has 0 N–H and O–H groups in total. The molecule has 0 aliphatic carbocycles. The van der Waals surface area contributed by atoms with Gasteiger partial charge >= 0.3 is 48.2 Å². The normalized spacial score (nSPS) is 14.7. The van der Waals surface area contributed by atoms with Gasteiger partial charge in [0.25, 0.3) is 0 Å². The zero-order valence-electron chi connectivity index (χ0n) is 13.4. The highest BCUT2D eigenvalue weighted by Crippen LogP contribution is 2.43. The fourth-order valence-electron chi connectivity index (χ4n) is 1.05. The molecule has 0 rings (SSSR count). The maximum absolute atomic E-state index is 13.1. The Morgan fingerprint density at radius 3 is 1.20 bits per heavy atom. The number of ether oxygens (including phenoxy) is 3. The quantitative estimate of drug-likeness (QED) is 0.259. The van der Waals surface area contributed by atoms with Crippen molar-refractivity contribution >= 4 is 0 Å². The Bertz CT molecular complexity index is 612. The highest BCUT2D eigenvalue weighted by atomic mass is 19.3. The van der Waals surface area contributed by atoms with Gasteiger partial charge in [0.1, 0.15) is 13.2 Å². The molecule has 0 aromatic carbocycles. The van der Waals surface area contributed by atoms with Crippen LogP contribution in [0.3, 0.4) is 0 Å². The number of hydrogen-bond donors (Lipinski definition) is 0. The molecule has 0 bridgehead atoms. The molecule has 0 saturated heterocycles. The van der Waals surface area contributed by atoms with E-state index in [0.29, 0.717) is 0 Å². The second-order valence-corrected chi connectivity index (χ2v) is 5.01. The van der Waals surface area contributed by atoms with Gasteiger partial charge in [-0.1, -0.05) is 0 Å². The summed E-state index contributed by atoms with van der Waals surface area (Å²) < 4.78 is 208. The van der Waals surface area contributed by atoms with Crippen LogP contribution in [0.15, 0.2) is 12.1 Å². The minimum atomic E-state index is -6.41. The minimum absolute atomic E-state index is 2.18. The summed E-state index contributed by atoms with van der Waals surface area (Å²) in [4.78, 5) is 0. The zero-order valence-corrected chi connectivity index (χ0v) is 13.4. The van der Waals surface area contributed by atoms with Gasteiger partial charge in [-0.3, -0.25) is 0 Å². The van der Waals surface area contributed by atoms with Crippen molar-refractivity contribution in [2.24, 2.45) is 0 Å². The fourth-order valence-corrected chi connectivity index (χ4v) is 1.05. The van der Waals surface area contributed by atoms with Crippen molar-refractivity contribution in [1.29, 1.82) is 0 Å². The van der Waals surface area contributed by atoms with Gasteiger partial charge in [0.05, 0.1) is 0 Å².